The largest absolute Gasteiger partial charge is 0.497 e. The predicted octanol–water partition coefficient (Wildman–Crippen LogP) is 7.03. The van der Waals surface area contributed by atoms with Crippen LogP contribution in [-0.2, 0) is 18.4 Å². The predicted molar refractivity (Wildman–Crippen MR) is 151 cm³/mol. The fourth-order valence-electron chi connectivity index (χ4n) is 7.64. The van der Waals surface area contributed by atoms with Crippen molar-refractivity contribution in [2.75, 3.05) is 32.1 Å². The van der Waals surface area contributed by atoms with Crippen molar-refractivity contribution in [3.63, 3.8) is 0 Å². The molecule has 3 aliphatic carbocycles. The molecule has 0 aromatic heterocycles. The number of fused-ring (bicyclic) bond motifs is 1. The molecule has 0 amide bonds. The third-order valence-electron chi connectivity index (χ3n) is 9.67. The minimum atomic E-state index is 0. The highest BCUT2D eigenvalue weighted by Crippen LogP contribution is 2.56. The lowest BCUT2D eigenvalue weighted by Gasteiger charge is -2.60. The highest BCUT2D eigenvalue weighted by molar-refractivity contribution is 5.85. The Balaban J connectivity index is 0.00000144. The molecule has 1 aliphatic heterocycles. The van der Waals surface area contributed by atoms with Gasteiger partial charge in [0.05, 0.1) is 7.11 Å². The van der Waals surface area contributed by atoms with Crippen molar-refractivity contribution in [3.05, 3.63) is 59.2 Å². The van der Waals surface area contributed by atoms with Gasteiger partial charge >= 0.3 is 0 Å². The first-order valence-corrected chi connectivity index (χ1v) is 13.4. The quantitative estimate of drug-likeness (QED) is 0.409. The fraction of sp³-hybridized carbons (Fsp3) is 0.600. The first kappa shape index (κ1) is 26.6. The summed E-state index contributed by atoms with van der Waals surface area (Å²) in [5.74, 6) is 2.78. The van der Waals surface area contributed by atoms with Gasteiger partial charge < -0.3 is 9.64 Å². The van der Waals surface area contributed by atoms with Crippen LogP contribution in [0.2, 0.25) is 0 Å². The number of rotatable bonds is 6. The van der Waals surface area contributed by atoms with Crippen LogP contribution in [-0.4, -0.2) is 38.2 Å². The van der Waals surface area contributed by atoms with Gasteiger partial charge in [-0.3, -0.25) is 4.90 Å². The molecule has 0 spiro atoms. The molecule has 0 unspecified atom stereocenters. The number of likely N-dealkylation sites (tertiary alicyclic amines) is 1. The zero-order chi connectivity index (χ0) is 22.4. The lowest BCUT2D eigenvalue weighted by atomic mass is 9.52. The summed E-state index contributed by atoms with van der Waals surface area (Å²) >= 11 is 0. The van der Waals surface area contributed by atoms with Crippen LogP contribution in [0.3, 0.4) is 0 Å². The van der Waals surface area contributed by atoms with E-state index in [9.17, 15) is 0 Å². The minimum Gasteiger partial charge on any atom is -0.497 e. The highest BCUT2D eigenvalue weighted by Gasteiger charge is 2.54. The fourth-order valence-corrected chi connectivity index (χ4v) is 7.64. The van der Waals surface area contributed by atoms with E-state index in [2.05, 4.69) is 59.3 Å². The normalized spacial score (nSPS) is 27.4. The average Bonchev–Trinajstić information content (AvgIpc) is 2.82. The van der Waals surface area contributed by atoms with Crippen molar-refractivity contribution in [1.29, 1.82) is 0 Å². The van der Waals surface area contributed by atoms with E-state index < -0.39 is 0 Å². The molecule has 4 aliphatic rings. The molecule has 3 nitrogen and oxygen atoms in total. The Morgan fingerprint density at radius 2 is 1.77 bits per heavy atom. The van der Waals surface area contributed by atoms with Gasteiger partial charge in [0, 0.05) is 37.3 Å². The first-order chi connectivity index (χ1) is 16.2. The summed E-state index contributed by atoms with van der Waals surface area (Å²) in [6, 6.07) is 16.8. The number of anilines is 1. The average molecular weight is 518 g/mol. The molecule has 5 heteroatoms. The maximum absolute atomic E-state index is 5.33. The zero-order valence-corrected chi connectivity index (χ0v) is 23.0. The molecule has 3 fully saturated rings. The number of ether oxygens (including phenoxy) is 1. The van der Waals surface area contributed by atoms with Crippen molar-refractivity contribution < 1.29 is 4.74 Å². The molecule has 1 heterocycles. The van der Waals surface area contributed by atoms with Gasteiger partial charge in [-0.25, -0.2) is 0 Å². The number of hydrogen-bond donors (Lipinski definition) is 0. The Kier molecular flexibility index (Phi) is 8.30. The van der Waals surface area contributed by atoms with Crippen LogP contribution < -0.4 is 9.64 Å². The molecule has 3 atom stereocenters. The van der Waals surface area contributed by atoms with Gasteiger partial charge in [0.15, 0.2) is 0 Å². The van der Waals surface area contributed by atoms with Crippen LogP contribution in [0.4, 0.5) is 5.69 Å². The molecule has 6 rings (SSSR count). The van der Waals surface area contributed by atoms with Crippen LogP contribution in [0, 0.1) is 11.8 Å². The first-order valence-electron chi connectivity index (χ1n) is 13.4. The van der Waals surface area contributed by atoms with Crippen LogP contribution in [0.15, 0.2) is 42.5 Å². The third-order valence-corrected chi connectivity index (χ3v) is 9.67. The van der Waals surface area contributed by atoms with E-state index in [0.29, 0.717) is 5.41 Å². The number of methoxy groups -OCH3 is 1. The van der Waals surface area contributed by atoms with Crippen LogP contribution in [0.1, 0.15) is 68.1 Å². The lowest BCUT2D eigenvalue weighted by Crippen LogP contribution is -2.61. The molecule has 0 N–H and O–H groups in total. The second-order valence-corrected chi connectivity index (χ2v) is 11.4. The molecule has 35 heavy (non-hydrogen) atoms. The lowest BCUT2D eigenvalue weighted by molar-refractivity contribution is -0.0239. The van der Waals surface area contributed by atoms with Gasteiger partial charge in [-0.05, 0) is 97.9 Å². The Morgan fingerprint density at radius 3 is 2.49 bits per heavy atom. The summed E-state index contributed by atoms with van der Waals surface area (Å²) < 4.78 is 5.33. The van der Waals surface area contributed by atoms with Crippen molar-refractivity contribution in [2.45, 2.75) is 75.8 Å². The molecule has 0 radical (unpaired) electrons. The van der Waals surface area contributed by atoms with Gasteiger partial charge in [-0.15, -0.1) is 24.8 Å². The molecular formula is C30H42Cl2N2O. The highest BCUT2D eigenvalue weighted by atomic mass is 35.5. The van der Waals surface area contributed by atoms with Gasteiger partial charge in [-0.1, -0.05) is 37.5 Å². The minimum absolute atomic E-state index is 0. The summed E-state index contributed by atoms with van der Waals surface area (Å²) in [4.78, 5) is 5.36. The van der Waals surface area contributed by atoms with Gasteiger partial charge in [0.25, 0.3) is 0 Å². The molecule has 1 saturated heterocycles. The van der Waals surface area contributed by atoms with Gasteiger partial charge in [0.2, 0.25) is 0 Å². The SMILES string of the molecule is COc1ccc(CN(C)c2ccc3c(c2)[C@@]24CCCC[C@H]2[C@@H](C3)N(CC2CCC2)CC4)cc1.Cl.Cl. The van der Waals surface area contributed by atoms with E-state index in [0.717, 1.165) is 30.2 Å². The number of nitrogens with zero attached hydrogens (tertiary/aromatic N) is 2. The molecule has 2 aromatic carbocycles. The molecular weight excluding hydrogens is 475 g/mol. The van der Waals surface area contributed by atoms with E-state index in [-0.39, 0.29) is 24.8 Å². The van der Waals surface area contributed by atoms with E-state index in [4.69, 9.17) is 4.74 Å². The summed E-state index contributed by atoms with van der Waals surface area (Å²) in [5.41, 5.74) is 6.50. The molecule has 2 aromatic rings. The summed E-state index contributed by atoms with van der Waals surface area (Å²) in [7, 11) is 3.98. The van der Waals surface area contributed by atoms with Crippen molar-refractivity contribution in [2.24, 2.45) is 11.8 Å². The second kappa shape index (κ2) is 10.9. The Morgan fingerprint density at radius 1 is 0.971 bits per heavy atom. The van der Waals surface area contributed by atoms with E-state index in [1.807, 2.05) is 0 Å². The van der Waals surface area contributed by atoms with Crippen molar-refractivity contribution in [1.82, 2.24) is 4.90 Å². The van der Waals surface area contributed by atoms with Crippen LogP contribution in [0.5, 0.6) is 5.75 Å². The van der Waals surface area contributed by atoms with E-state index in [1.54, 1.807) is 18.2 Å². The Bertz CT molecular complexity index is 992. The number of benzene rings is 2. The third kappa shape index (κ3) is 4.81. The number of halogens is 2. The zero-order valence-electron chi connectivity index (χ0n) is 21.4. The molecule has 2 saturated carbocycles. The van der Waals surface area contributed by atoms with Crippen LogP contribution >= 0.6 is 24.8 Å². The molecule has 2 bridgehead atoms. The van der Waals surface area contributed by atoms with Crippen molar-refractivity contribution >= 4 is 30.5 Å². The molecule has 192 valence electrons. The summed E-state index contributed by atoms with van der Waals surface area (Å²) in [5, 5.41) is 0. The van der Waals surface area contributed by atoms with E-state index >= 15 is 0 Å². The van der Waals surface area contributed by atoms with Crippen molar-refractivity contribution in [3.8, 4) is 5.75 Å². The number of piperidine rings is 1. The standard InChI is InChI=1S/C30H40N2O.2ClH/c1-31(20-23-9-13-26(33-2)14-10-23)25-12-11-24-18-29-27-8-3-4-15-30(27,28(24)19-25)16-17-32(29)21-22-6-5-7-22;;/h9-14,19,22,27,29H,3-8,15-18,20-21H2,1-2H3;2*1H/t27-,29+,30+;;/m0../s1. The number of hydrogen-bond acceptors (Lipinski definition) is 3. The topological polar surface area (TPSA) is 15.7 Å². The second-order valence-electron chi connectivity index (χ2n) is 11.4. The summed E-state index contributed by atoms with van der Waals surface area (Å²) in [6.07, 6.45) is 12.8. The van der Waals surface area contributed by atoms with Gasteiger partial charge in [0.1, 0.15) is 5.75 Å². The smallest absolute Gasteiger partial charge is 0.118 e. The maximum atomic E-state index is 5.33. The Labute approximate surface area is 224 Å². The van der Waals surface area contributed by atoms with Gasteiger partial charge in [-0.2, -0.15) is 0 Å². The van der Waals surface area contributed by atoms with Crippen LogP contribution in [0.25, 0.3) is 0 Å². The van der Waals surface area contributed by atoms with E-state index in [1.165, 1.54) is 82.1 Å². The monoisotopic (exact) mass is 516 g/mol. The maximum Gasteiger partial charge on any atom is 0.118 e. The Hall–Kier alpha value is -1.42. The summed E-state index contributed by atoms with van der Waals surface area (Å²) in [6.45, 7) is 3.62.